The molecule has 3 heteroatoms. The third-order valence-corrected chi connectivity index (χ3v) is 3.92. The lowest BCUT2D eigenvalue weighted by molar-refractivity contribution is 0.784. The van der Waals surface area contributed by atoms with E-state index in [4.69, 9.17) is 5.73 Å². The molecule has 3 aromatic rings. The fourth-order valence-electron chi connectivity index (χ4n) is 2.62. The summed E-state index contributed by atoms with van der Waals surface area (Å²) in [7, 11) is 0. The van der Waals surface area contributed by atoms with Gasteiger partial charge in [0.05, 0.1) is 5.69 Å². The molecule has 0 aliphatic heterocycles. The summed E-state index contributed by atoms with van der Waals surface area (Å²) < 4.78 is 0. The summed E-state index contributed by atoms with van der Waals surface area (Å²) in [4.78, 5) is 6.76. The molecule has 1 heterocycles. The molecule has 0 saturated heterocycles. The fraction of sp³-hybridized carbons (Fsp3) is 0.150. The molecule has 0 fully saturated rings. The molecule has 0 unspecified atom stereocenters. The van der Waals surface area contributed by atoms with Gasteiger partial charge < -0.3 is 10.6 Å². The number of aryl methyl sites for hydroxylation is 1. The normalized spacial score (nSPS) is 10.5. The van der Waals surface area contributed by atoms with Gasteiger partial charge in [0, 0.05) is 19.3 Å². The maximum absolute atomic E-state index is 6.29. The summed E-state index contributed by atoms with van der Waals surface area (Å²) in [6, 6.07) is 22.8. The third-order valence-electron chi connectivity index (χ3n) is 3.92. The Bertz CT molecular complexity index is 713. The van der Waals surface area contributed by atoms with Gasteiger partial charge in [-0.05, 0) is 29.7 Å². The van der Waals surface area contributed by atoms with E-state index in [1.165, 1.54) is 11.1 Å². The molecule has 23 heavy (non-hydrogen) atoms. The monoisotopic (exact) mass is 303 g/mol. The molecular formula is C20H21N3. The minimum absolute atomic E-state index is 0.749. The summed E-state index contributed by atoms with van der Waals surface area (Å²) in [5.74, 6) is 0.845. The van der Waals surface area contributed by atoms with Gasteiger partial charge in [0.25, 0.3) is 0 Å². The smallest absolute Gasteiger partial charge is 0.152 e. The first-order valence-electron chi connectivity index (χ1n) is 7.78. The van der Waals surface area contributed by atoms with Crippen LogP contribution in [0.1, 0.15) is 16.7 Å². The molecule has 3 rings (SSSR count). The summed E-state index contributed by atoms with van der Waals surface area (Å²) >= 11 is 0. The van der Waals surface area contributed by atoms with Crippen molar-refractivity contribution in [3.05, 3.63) is 89.6 Å². The average Bonchev–Trinajstić information content (AvgIpc) is 2.59. The Morgan fingerprint density at radius 3 is 1.87 bits per heavy atom. The molecule has 116 valence electrons. The van der Waals surface area contributed by atoms with Crippen molar-refractivity contribution in [3.63, 3.8) is 0 Å². The van der Waals surface area contributed by atoms with Gasteiger partial charge >= 0.3 is 0 Å². The van der Waals surface area contributed by atoms with Crippen LogP contribution in [0.4, 0.5) is 11.5 Å². The number of pyridine rings is 1. The van der Waals surface area contributed by atoms with Crippen LogP contribution in [0.5, 0.6) is 0 Å². The Balaban J connectivity index is 1.94. The lowest BCUT2D eigenvalue weighted by Crippen LogP contribution is -2.24. The van der Waals surface area contributed by atoms with Gasteiger partial charge in [0.1, 0.15) is 0 Å². The van der Waals surface area contributed by atoms with Crippen molar-refractivity contribution in [3.8, 4) is 0 Å². The number of nitrogen functional groups attached to an aromatic ring is 1. The molecule has 2 aromatic carbocycles. The highest BCUT2D eigenvalue weighted by atomic mass is 15.2. The zero-order chi connectivity index (χ0) is 16.1. The van der Waals surface area contributed by atoms with Crippen LogP contribution >= 0.6 is 0 Å². The number of nitrogens with two attached hydrogens (primary N) is 1. The summed E-state index contributed by atoms with van der Waals surface area (Å²) in [6.07, 6.45) is 1.82. The highest BCUT2D eigenvalue weighted by Crippen LogP contribution is 2.26. The summed E-state index contributed by atoms with van der Waals surface area (Å²) in [6.45, 7) is 3.57. The predicted molar refractivity (Wildman–Crippen MR) is 96.2 cm³/mol. The van der Waals surface area contributed by atoms with Crippen LogP contribution in [0.15, 0.2) is 72.9 Å². The Labute approximate surface area is 137 Å². The van der Waals surface area contributed by atoms with E-state index in [0.29, 0.717) is 0 Å². The number of hydrogen-bond donors (Lipinski definition) is 1. The second-order valence-electron chi connectivity index (χ2n) is 5.69. The maximum Gasteiger partial charge on any atom is 0.152 e. The minimum Gasteiger partial charge on any atom is -0.396 e. The van der Waals surface area contributed by atoms with E-state index in [1.807, 2.05) is 31.3 Å². The topological polar surface area (TPSA) is 42.2 Å². The van der Waals surface area contributed by atoms with E-state index < -0.39 is 0 Å². The molecule has 0 spiro atoms. The highest BCUT2D eigenvalue weighted by Gasteiger charge is 2.14. The summed E-state index contributed by atoms with van der Waals surface area (Å²) in [5.41, 5.74) is 10.6. The number of rotatable bonds is 5. The van der Waals surface area contributed by atoms with Gasteiger partial charge in [-0.3, -0.25) is 0 Å². The van der Waals surface area contributed by atoms with Crippen molar-refractivity contribution in [1.29, 1.82) is 0 Å². The molecule has 0 aliphatic rings. The van der Waals surface area contributed by atoms with E-state index in [0.717, 1.165) is 30.2 Å². The van der Waals surface area contributed by atoms with Gasteiger partial charge in [0.2, 0.25) is 0 Å². The lowest BCUT2D eigenvalue weighted by Gasteiger charge is -2.26. The second kappa shape index (κ2) is 6.97. The van der Waals surface area contributed by atoms with Gasteiger partial charge in [-0.25, -0.2) is 4.98 Å². The molecule has 3 nitrogen and oxygen atoms in total. The Kier molecular flexibility index (Phi) is 4.57. The quantitative estimate of drug-likeness (QED) is 0.769. The highest BCUT2D eigenvalue weighted by molar-refractivity contribution is 5.66. The van der Waals surface area contributed by atoms with E-state index in [9.17, 15) is 0 Å². The van der Waals surface area contributed by atoms with Crippen LogP contribution in [0, 0.1) is 6.92 Å². The van der Waals surface area contributed by atoms with Crippen LogP contribution in [0.3, 0.4) is 0 Å². The molecule has 0 amide bonds. The zero-order valence-electron chi connectivity index (χ0n) is 13.3. The maximum atomic E-state index is 6.29. The lowest BCUT2D eigenvalue weighted by atomic mass is 10.1. The van der Waals surface area contributed by atoms with E-state index in [-0.39, 0.29) is 0 Å². The summed E-state index contributed by atoms with van der Waals surface area (Å²) in [5, 5.41) is 0. The number of benzene rings is 2. The fourth-order valence-corrected chi connectivity index (χ4v) is 2.62. The number of anilines is 2. The predicted octanol–water partition coefficient (Wildman–Crippen LogP) is 4.18. The first-order valence-corrected chi connectivity index (χ1v) is 7.78. The largest absolute Gasteiger partial charge is 0.396 e. The van der Waals surface area contributed by atoms with Crippen LogP contribution in [-0.4, -0.2) is 4.98 Å². The molecule has 0 aliphatic carbocycles. The van der Waals surface area contributed by atoms with Crippen LogP contribution in [0.2, 0.25) is 0 Å². The number of aromatic nitrogens is 1. The van der Waals surface area contributed by atoms with Gasteiger partial charge in [-0.15, -0.1) is 0 Å². The van der Waals surface area contributed by atoms with Gasteiger partial charge in [-0.1, -0.05) is 60.7 Å². The molecule has 1 aromatic heterocycles. The van der Waals surface area contributed by atoms with Crippen molar-refractivity contribution >= 4 is 11.5 Å². The average molecular weight is 303 g/mol. The van der Waals surface area contributed by atoms with Crippen molar-refractivity contribution in [2.75, 3.05) is 10.6 Å². The van der Waals surface area contributed by atoms with Crippen LogP contribution in [0.25, 0.3) is 0 Å². The Morgan fingerprint density at radius 1 is 0.826 bits per heavy atom. The van der Waals surface area contributed by atoms with Crippen molar-refractivity contribution in [2.24, 2.45) is 0 Å². The van der Waals surface area contributed by atoms with Crippen LogP contribution < -0.4 is 10.6 Å². The van der Waals surface area contributed by atoms with Gasteiger partial charge in [-0.2, -0.15) is 0 Å². The number of hydrogen-bond acceptors (Lipinski definition) is 3. The van der Waals surface area contributed by atoms with E-state index in [2.05, 4.69) is 58.4 Å². The third kappa shape index (κ3) is 3.69. The first-order chi connectivity index (χ1) is 11.2. The molecule has 0 saturated carbocycles. The van der Waals surface area contributed by atoms with E-state index >= 15 is 0 Å². The van der Waals surface area contributed by atoms with E-state index in [1.54, 1.807) is 0 Å². The van der Waals surface area contributed by atoms with Gasteiger partial charge in [0.15, 0.2) is 5.82 Å². The molecule has 0 radical (unpaired) electrons. The van der Waals surface area contributed by atoms with Crippen molar-refractivity contribution in [2.45, 2.75) is 20.0 Å². The van der Waals surface area contributed by atoms with Crippen LogP contribution in [-0.2, 0) is 13.1 Å². The molecule has 0 bridgehead atoms. The standard InChI is InChI=1S/C20H21N3/c1-16-12-13-22-20(19(16)21)23(14-17-8-4-2-5-9-17)15-18-10-6-3-7-11-18/h2-13H,14-15,21H2,1H3. The molecule has 2 N–H and O–H groups in total. The Morgan fingerprint density at radius 2 is 1.35 bits per heavy atom. The number of nitrogens with zero attached hydrogens (tertiary/aromatic N) is 2. The van der Waals surface area contributed by atoms with Crippen molar-refractivity contribution < 1.29 is 0 Å². The first kappa shape index (κ1) is 15.1. The molecule has 0 atom stereocenters. The SMILES string of the molecule is Cc1ccnc(N(Cc2ccccc2)Cc2ccccc2)c1N. The zero-order valence-corrected chi connectivity index (χ0v) is 13.3. The molecular weight excluding hydrogens is 282 g/mol. The second-order valence-corrected chi connectivity index (χ2v) is 5.69. The van der Waals surface area contributed by atoms with Crippen molar-refractivity contribution in [1.82, 2.24) is 4.98 Å². The Hall–Kier alpha value is -2.81. The minimum atomic E-state index is 0.749.